The predicted octanol–water partition coefficient (Wildman–Crippen LogP) is 2.03. The molecule has 0 N–H and O–H groups in total. The largest absolute Gasteiger partial charge is 0.459 e. The Hall–Kier alpha value is -2.30. The summed E-state index contributed by atoms with van der Waals surface area (Å²) in [6.07, 6.45) is 2.89. The molecule has 5 heteroatoms. The third kappa shape index (κ3) is 5.14. The molecule has 0 aromatic heterocycles. The van der Waals surface area contributed by atoms with Crippen LogP contribution in [0.3, 0.4) is 0 Å². The molecular formula is C15H19NO4. The first kappa shape index (κ1) is 15.8. The van der Waals surface area contributed by atoms with Gasteiger partial charge < -0.3 is 14.4 Å². The van der Waals surface area contributed by atoms with Crippen LogP contribution in [0.2, 0.25) is 0 Å². The molecule has 1 rings (SSSR count). The molecule has 0 aliphatic heterocycles. The lowest BCUT2D eigenvalue weighted by atomic mass is 10.2. The summed E-state index contributed by atoms with van der Waals surface area (Å²) in [7, 11) is 3.85. The second-order valence-corrected chi connectivity index (χ2v) is 4.24. The fraction of sp³-hybridized carbons (Fsp3) is 0.333. The minimum absolute atomic E-state index is 0.0392. The van der Waals surface area contributed by atoms with Gasteiger partial charge in [0, 0.05) is 25.9 Å². The molecule has 0 bridgehead atoms. The van der Waals surface area contributed by atoms with E-state index in [1.165, 1.54) is 6.08 Å². The van der Waals surface area contributed by atoms with Gasteiger partial charge in [-0.1, -0.05) is 6.08 Å². The smallest absolute Gasteiger partial charge is 0.338 e. The molecule has 0 saturated heterocycles. The lowest BCUT2D eigenvalue weighted by Crippen LogP contribution is -2.13. The van der Waals surface area contributed by atoms with E-state index in [-0.39, 0.29) is 13.2 Å². The van der Waals surface area contributed by atoms with Crippen molar-refractivity contribution in [3.63, 3.8) is 0 Å². The Morgan fingerprint density at radius 3 is 2.25 bits per heavy atom. The van der Waals surface area contributed by atoms with Gasteiger partial charge in [-0.2, -0.15) is 0 Å². The number of hydrogen-bond acceptors (Lipinski definition) is 5. The maximum absolute atomic E-state index is 11.7. The Kier molecular flexibility index (Phi) is 6.29. The van der Waals surface area contributed by atoms with Crippen molar-refractivity contribution in [2.24, 2.45) is 0 Å². The normalized spacial score (nSPS) is 10.3. The number of allylic oxidation sites excluding steroid dienone is 1. The number of hydrogen-bond donors (Lipinski definition) is 0. The van der Waals surface area contributed by atoms with Gasteiger partial charge in [0.15, 0.2) is 0 Å². The number of nitrogens with zero attached hydrogens (tertiary/aromatic N) is 1. The van der Waals surface area contributed by atoms with E-state index in [0.717, 1.165) is 5.69 Å². The summed E-state index contributed by atoms with van der Waals surface area (Å²) < 4.78 is 9.81. The lowest BCUT2D eigenvalue weighted by Gasteiger charge is -2.12. The van der Waals surface area contributed by atoms with E-state index in [0.29, 0.717) is 5.56 Å². The quantitative estimate of drug-likeness (QED) is 0.452. The van der Waals surface area contributed by atoms with E-state index in [1.807, 2.05) is 31.1 Å². The van der Waals surface area contributed by atoms with Crippen molar-refractivity contribution in [2.45, 2.75) is 6.92 Å². The highest BCUT2D eigenvalue weighted by Crippen LogP contribution is 2.12. The highest BCUT2D eigenvalue weighted by atomic mass is 16.6. The van der Waals surface area contributed by atoms with Crippen LogP contribution in [-0.4, -0.2) is 39.2 Å². The third-order valence-electron chi connectivity index (χ3n) is 2.48. The van der Waals surface area contributed by atoms with E-state index in [1.54, 1.807) is 25.1 Å². The fourth-order valence-corrected chi connectivity index (χ4v) is 1.44. The Labute approximate surface area is 118 Å². The van der Waals surface area contributed by atoms with Crippen LogP contribution in [0.1, 0.15) is 17.3 Å². The van der Waals surface area contributed by atoms with Crippen LogP contribution in [0.15, 0.2) is 36.4 Å². The summed E-state index contributed by atoms with van der Waals surface area (Å²) in [5.41, 5.74) is 1.47. The minimum Gasteiger partial charge on any atom is -0.459 e. The SMILES string of the molecule is CC=CC(=O)OCCOC(=O)c1ccc(N(C)C)cc1. The Morgan fingerprint density at radius 1 is 1.10 bits per heavy atom. The average Bonchev–Trinajstić information content (AvgIpc) is 2.43. The number of ether oxygens (including phenoxy) is 2. The van der Waals surface area contributed by atoms with Crippen LogP contribution in [0, 0.1) is 0 Å². The third-order valence-corrected chi connectivity index (χ3v) is 2.48. The second-order valence-electron chi connectivity index (χ2n) is 4.24. The van der Waals surface area contributed by atoms with Gasteiger partial charge in [0.1, 0.15) is 13.2 Å². The van der Waals surface area contributed by atoms with Crippen molar-refractivity contribution in [3.8, 4) is 0 Å². The van der Waals surface area contributed by atoms with E-state index >= 15 is 0 Å². The summed E-state index contributed by atoms with van der Waals surface area (Å²) >= 11 is 0. The summed E-state index contributed by atoms with van der Waals surface area (Å²) in [6, 6.07) is 7.07. The number of carbonyl (C=O) groups excluding carboxylic acids is 2. The molecule has 108 valence electrons. The number of benzene rings is 1. The summed E-state index contributed by atoms with van der Waals surface area (Å²) in [5, 5.41) is 0. The summed E-state index contributed by atoms with van der Waals surface area (Å²) in [4.78, 5) is 24.7. The van der Waals surface area contributed by atoms with Crippen LogP contribution >= 0.6 is 0 Å². The van der Waals surface area contributed by atoms with Gasteiger partial charge in [0.2, 0.25) is 0 Å². The number of rotatable bonds is 6. The van der Waals surface area contributed by atoms with Gasteiger partial charge in [-0.25, -0.2) is 9.59 Å². The molecule has 0 amide bonds. The molecule has 0 aliphatic carbocycles. The van der Waals surface area contributed by atoms with Crippen molar-refractivity contribution in [2.75, 3.05) is 32.2 Å². The van der Waals surface area contributed by atoms with Gasteiger partial charge in [0.25, 0.3) is 0 Å². The first-order chi connectivity index (χ1) is 9.54. The first-order valence-electron chi connectivity index (χ1n) is 6.28. The van der Waals surface area contributed by atoms with Gasteiger partial charge in [-0.15, -0.1) is 0 Å². The van der Waals surface area contributed by atoms with Crippen molar-refractivity contribution in [1.29, 1.82) is 0 Å². The second kappa shape index (κ2) is 7.99. The minimum atomic E-state index is -0.445. The lowest BCUT2D eigenvalue weighted by molar-refractivity contribution is -0.138. The van der Waals surface area contributed by atoms with Gasteiger partial charge in [-0.05, 0) is 31.2 Å². The van der Waals surface area contributed by atoms with Crippen molar-refractivity contribution < 1.29 is 19.1 Å². The summed E-state index contributed by atoms with van der Waals surface area (Å²) in [6.45, 7) is 1.81. The zero-order chi connectivity index (χ0) is 15.0. The van der Waals surface area contributed by atoms with Crippen LogP contribution in [0.4, 0.5) is 5.69 Å². The van der Waals surface area contributed by atoms with Crippen molar-refractivity contribution >= 4 is 17.6 Å². The first-order valence-corrected chi connectivity index (χ1v) is 6.28. The zero-order valence-corrected chi connectivity index (χ0v) is 12.0. The van der Waals surface area contributed by atoms with Gasteiger partial charge in [-0.3, -0.25) is 0 Å². The molecule has 5 nitrogen and oxygen atoms in total. The summed E-state index contributed by atoms with van der Waals surface area (Å²) in [5.74, 6) is -0.878. The Balaban J connectivity index is 2.37. The standard InChI is InChI=1S/C15H19NO4/c1-4-5-14(17)19-10-11-20-15(18)12-6-8-13(9-7-12)16(2)3/h4-9H,10-11H2,1-3H3. The molecule has 1 aromatic carbocycles. The molecule has 0 atom stereocenters. The number of carbonyl (C=O) groups is 2. The van der Waals surface area contributed by atoms with Gasteiger partial charge >= 0.3 is 11.9 Å². The van der Waals surface area contributed by atoms with Crippen molar-refractivity contribution in [3.05, 3.63) is 42.0 Å². The molecule has 0 aliphatic rings. The van der Waals surface area contributed by atoms with Crippen molar-refractivity contribution in [1.82, 2.24) is 0 Å². The molecule has 0 spiro atoms. The van der Waals surface area contributed by atoms with Gasteiger partial charge in [0.05, 0.1) is 5.56 Å². The molecular weight excluding hydrogens is 258 g/mol. The molecule has 0 saturated carbocycles. The van der Waals surface area contributed by atoms with Crippen LogP contribution in [0.5, 0.6) is 0 Å². The topological polar surface area (TPSA) is 55.8 Å². The van der Waals surface area contributed by atoms with E-state index < -0.39 is 11.9 Å². The predicted molar refractivity (Wildman–Crippen MR) is 76.8 cm³/mol. The highest BCUT2D eigenvalue weighted by Gasteiger charge is 2.07. The maximum Gasteiger partial charge on any atom is 0.338 e. The van der Waals surface area contributed by atoms with Crippen LogP contribution < -0.4 is 4.90 Å². The molecule has 0 radical (unpaired) electrons. The monoisotopic (exact) mass is 277 g/mol. The zero-order valence-electron chi connectivity index (χ0n) is 12.0. The maximum atomic E-state index is 11.7. The molecule has 1 aromatic rings. The fourth-order valence-electron chi connectivity index (χ4n) is 1.44. The van der Waals surface area contributed by atoms with E-state index in [4.69, 9.17) is 9.47 Å². The average molecular weight is 277 g/mol. The number of esters is 2. The molecule has 0 fully saturated rings. The Morgan fingerprint density at radius 2 is 1.70 bits per heavy atom. The van der Waals surface area contributed by atoms with E-state index in [9.17, 15) is 9.59 Å². The molecule has 0 unspecified atom stereocenters. The number of anilines is 1. The molecule has 20 heavy (non-hydrogen) atoms. The molecule has 0 heterocycles. The Bertz CT molecular complexity index is 477. The van der Waals surface area contributed by atoms with Crippen LogP contribution in [-0.2, 0) is 14.3 Å². The highest BCUT2D eigenvalue weighted by molar-refractivity contribution is 5.89. The van der Waals surface area contributed by atoms with E-state index in [2.05, 4.69) is 0 Å². The van der Waals surface area contributed by atoms with Crippen LogP contribution in [0.25, 0.3) is 0 Å².